The van der Waals surface area contributed by atoms with Crippen molar-refractivity contribution in [1.82, 2.24) is 19.9 Å². The standard InChI is InChI=1S/C41H63N6O9P/c1-3-4-5-6-7-8-9-10-11-12-13-14-15-16-17-20-25-53-27-32(46-40(50)33-22-19-18-21-31(33)26-42)28-54-57(51,52)55-29-35-37(48)38(49)41(2,56-35)36-24-23-34-39(43)44-30-45-47(34)36/h18-19,21-24,30,32,35,37-38,48-49H,3-17,20,25,27-29H2,1-2H3,(H,46,50)(H,51,52)(H2,43,44,45)/t32-,35-,37-,38-,41+/m1/s1. The number of aliphatic hydroxyl groups is 2. The van der Waals surface area contributed by atoms with Crippen LogP contribution in [0.2, 0.25) is 0 Å². The fraction of sp³-hybridized carbons (Fsp3) is 0.659. The highest BCUT2D eigenvalue weighted by molar-refractivity contribution is 7.47. The Morgan fingerprint density at radius 2 is 1.58 bits per heavy atom. The first kappa shape index (κ1) is 46.2. The molecule has 1 amide bonds. The molecule has 1 aliphatic rings. The number of nitrogens with zero attached hydrogens (tertiary/aromatic N) is 4. The summed E-state index contributed by atoms with van der Waals surface area (Å²) in [5.41, 5.74) is 5.62. The quantitative estimate of drug-likeness (QED) is 0.0379. The van der Waals surface area contributed by atoms with Gasteiger partial charge in [0.05, 0.1) is 48.8 Å². The van der Waals surface area contributed by atoms with Crippen LogP contribution in [-0.2, 0) is 28.7 Å². The molecule has 3 aromatic rings. The van der Waals surface area contributed by atoms with Gasteiger partial charge in [0.15, 0.2) is 5.82 Å². The summed E-state index contributed by atoms with van der Waals surface area (Å²) < 4.78 is 36.9. The fourth-order valence-electron chi connectivity index (χ4n) is 7.20. The topological polar surface area (TPSA) is 224 Å². The molecular weight excluding hydrogens is 751 g/mol. The van der Waals surface area contributed by atoms with Crippen molar-refractivity contribution in [3.05, 3.63) is 59.5 Å². The first-order valence-corrected chi connectivity index (χ1v) is 22.1. The number of amides is 1. The normalized spacial score (nSPS) is 21.0. The van der Waals surface area contributed by atoms with E-state index in [0.29, 0.717) is 17.8 Å². The first-order valence-electron chi connectivity index (χ1n) is 20.6. The molecule has 6 atom stereocenters. The lowest BCUT2D eigenvalue weighted by molar-refractivity contribution is -0.0889. The van der Waals surface area contributed by atoms with E-state index in [1.165, 1.54) is 106 Å². The molecule has 1 fully saturated rings. The third-order valence-corrected chi connectivity index (χ3v) is 11.5. The molecule has 3 heterocycles. The highest BCUT2D eigenvalue weighted by atomic mass is 31.2. The highest BCUT2D eigenvalue weighted by Gasteiger charge is 2.54. The van der Waals surface area contributed by atoms with E-state index in [9.17, 15) is 29.7 Å². The number of carbonyl (C=O) groups is 1. The Kier molecular flexibility index (Phi) is 19.3. The third-order valence-electron chi connectivity index (χ3n) is 10.6. The number of nitrogens with two attached hydrogens (primary N) is 1. The molecular formula is C41H63N6O9P. The van der Waals surface area contributed by atoms with Crippen molar-refractivity contribution in [2.45, 2.75) is 147 Å². The number of anilines is 1. The van der Waals surface area contributed by atoms with Gasteiger partial charge in [-0.15, -0.1) is 0 Å². The van der Waals surface area contributed by atoms with Crippen molar-refractivity contribution in [1.29, 1.82) is 5.26 Å². The van der Waals surface area contributed by atoms with E-state index in [4.69, 9.17) is 24.3 Å². The number of aromatic nitrogens is 3. The lowest BCUT2D eigenvalue weighted by Crippen LogP contribution is -2.42. The van der Waals surface area contributed by atoms with Gasteiger partial charge in [0, 0.05) is 6.61 Å². The van der Waals surface area contributed by atoms with Gasteiger partial charge in [-0.2, -0.15) is 10.4 Å². The maximum atomic E-state index is 13.2. The number of unbranched alkanes of at least 4 members (excludes halogenated alkanes) is 15. The number of nitrogens with one attached hydrogen (secondary N) is 1. The van der Waals surface area contributed by atoms with Crippen molar-refractivity contribution in [2.75, 3.05) is 32.2 Å². The molecule has 15 nitrogen and oxygen atoms in total. The molecule has 1 saturated heterocycles. The minimum absolute atomic E-state index is 0.0203. The number of phosphoric ester groups is 1. The molecule has 0 saturated carbocycles. The summed E-state index contributed by atoms with van der Waals surface area (Å²) in [6.07, 6.45) is 17.2. The van der Waals surface area contributed by atoms with Crippen molar-refractivity contribution in [3.63, 3.8) is 0 Å². The Bertz CT molecular complexity index is 1750. The first-order chi connectivity index (χ1) is 27.5. The second kappa shape index (κ2) is 23.8. The molecule has 316 valence electrons. The molecule has 0 aliphatic carbocycles. The van der Waals surface area contributed by atoms with Crippen LogP contribution in [0.5, 0.6) is 0 Å². The summed E-state index contributed by atoms with van der Waals surface area (Å²) >= 11 is 0. The van der Waals surface area contributed by atoms with Crippen molar-refractivity contribution in [2.24, 2.45) is 0 Å². The van der Waals surface area contributed by atoms with Gasteiger partial charge in [0.2, 0.25) is 0 Å². The van der Waals surface area contributed by atoms with Crippen molar-refractivity contribution < 1.29 is 43.0 Å². The molecule has 0 bridgehead atoms. The van der Waals surface area contributed by atoms with Crippen LogP contribution >= 0.6 is 7.82 Å². The highest BCUT2D eigenvalue weighted by Crippen LogP contribution is 2.46. The number of fused-ring (bicyclic) bond motifs is 1. The Labute approximate surface area is 336 Å². The number of hydrogen-bond acceptors (Lipinski definition) is 12. The molecule has 57 heavy (non-hydrogen) atoms. The van der Waals surface area contributed by atoms with Crippen LogP contribution in [0.15, 0.2) is 42.7 Å². The predicted molar refractivity (Wildman–Crippen MR) is 216 cm³/mol. The van der Waals surface area contributed by atoms with Crippen LogP contribution in [0.3, 0.4) is 0 Å². The van der Waals surface area contributed by atoms with Crippen LogP contribution in [-0.4, -0.2) is 86.4 Å². The van der Waals surface area contributed by atoms with Crippen LogP contribution in [0.4, 0.5) is 5.82 Å². The summed E-state index contributed by atoms with van der Waals surface area (Å²) in [7, 11) is -4.78. The van der Waals surface area contributed by atoms with E-state index in [0.717, 1.165) is 19.3 Å². The minimum atomic E-state index is -4.78. The molecule has 0 radical (unpaired) electrons. The van der Waals surface area contributed by atoms with Gasteiger partial charge in [0.1, 0.15) is 35.8 Å². The fourth-order valence-corrected chi connectivity index (χ4v) is 7.97. The average molecular weight is 815 g/mol. The van der Waals surface area contributed by atoms with E-state index in [2.05, 4.69) is 22.3 Å². The Balaban J connectivity index is 1.19. The number of nitrogen functional groups attached to an aromatic ring is 1. The van der Waals surface area contributed by atoms with Crippen molar-refractivity contribution >= 4 is 25.1 Å². The molecule has 1 unspecified atom stereocenters. The number of rotatable bonds is 28. The smallest absolute Gasteiger partial charge is 0.387 e. The van der Waals surface area contributed by atoms with E-state index in [1.54, 1.807) is 31.2 Å². The molecule has 1 aliphatic heterocycles. The van der Waals surface area contributed by atoms with E-state index in [1.807, 2.05) is 6.07 Å². The number of benzene rings is 1. The Morgan fingerprint density at radius 1 is 0.965 bits per heavy atom. The van der Waals surface area contributed by atoms with Crippen LogP contribution < -0.4 is 11.1 Å². The summed E-state index contributed by atoms with van der Waals surface area (Å²) in [6, 6.07) is 10.7. The average Bonchev–Trinajstić information content (AvgIpc) is 3.75. The van der Waals surface area contributed by atoms with Gasteiger partial charge < -0.3 is 35.6 Å². The maximum absolute atomic E-state index is 13.2. The van der Waals surface area contributed by atoms with Crippen molar-refractivity contribution in [3.8, 4) is 6.07 Å². The number of ether oxygens (including phenoxy) is 2. The second-order valence-corrected chi connectivity index (χ2v) is 16.6. The molecule has 16 heteroatoms. The minimum Gasteiger partial charge on any atom is -0.387 e. The molecule has 0 spiro atoms. The van der Waals surface area contributed by atoms with Gasteiger partial charge >= 0.3 is 7.82 Å². The number of hydrogen-bond donors (Lipinski definition) is 5. The van der Waals surface area contributed by atoms with Crippen LogP contribution in [0, 0.1) is 11.3 Å². The van der Waals surface area contributed by atoms with Crippen LogP contribution in [0.25, 0.3) is 5.52 Å². The van der Waals surface area contributed by atoms with Gasteiger partial charge in [-0.05, 0) is 37.6 Å². The zero-order valence-electron chi connectivity index (χ0n) is 33.6. The van der Waals surface area contributed by atoms with Gasteiger partial charge in [-0.3, -0.25) is 13.8 Å². The molecule has 4 rings (SSSR count). The van der Waals surface area contributed by atoms with Crippen LogP contribution in [0.1, 0.15) is 138 Å². The zero-order chi connectivity index (χ0) is 41.1. The summed E-state index contributed by atoms with van der Waals surface area (Å²) in [4.78, 5) is 27.7. The van der Waals surface area contributed by atoms with Gasteiger partial charge in [-0.1, -0.05) is 115 Å². The number of carbonyl (C=O) groups excluding carboxylic acids is 1. The zero-order valence-corrected chi connectivity index (χ0v) is 34.5. The lowest BCUT2D eigenvalue weighted by Gasteiger charge is -2.27. The largest absolute Gasteiger partial charge is 0.472 e. The molecule has 2 aromatic heterocycles. The summed E-state index contributed by atoms with van der Waals surface area (Å²) in [6.45, 7) is 3.15. The van der Waals surface area contributed by atoms with E-state index < -0.39 is 56.9 Å². The number of nitriles is 1. The Hall–Kier alpha value is -3.45. The summed E-state index contributed by atoms with van der Waals surface area (Å²) in [5, 5.41) is 38.3. The third kappa shape index (κ3) is 14.1. The number of phosphoric acid groups is 1. The Morgan fingerprint density at radius 3 is 2.21 bits per heavy atom. The predicted octanol–water partition coefficient (Wildman–Crippen LogP) is 6.73. The number of aliphatic hydroxyl groups excluding tert-OH is 2. The monoisotopic (exact) mass is 814 g/mol. The summed E-state index contributed by atoms with van der Waals surface area (Å²) in [5.74, 6) is -0.360. The molecule has 6 N–H and O–H groups in total. The van der Waals surface area contributed by atoms with Gasteiger partial charge in [-0.25, -0.2) is 14.1 Å². The maximum Gasteiger partial charge on any atom is 0.472 e. The second-order valence-electron chi connectivity index (χ2n) is 15.1. The lowest BCUT2D eigenvalue weighted by atomic mass is 9.93. The van der Waals surface area contributed by atoms with Gasteiger partial charge in [0.25, 0.3) is 5.91 Å². The SMILES string of the molecule is CCCCCCCCCCCCCCCCCCOC[C@H](COP(=O)(O)OC[C@H]1O[C@@](C)(c2ccc3c(N)ncnn23)[C@H](O)[C@@H]1O)NC(=O)c1ccccc1C#N. The van der Waals surface area contributed by atoms with E-state index in [-0.39, 0.29) is 23.6 Å². The van der Waals surface area contributed by atoms with E-state index >= 15 is 0 Å². The molecule has 1 aromatic carbocycles.